The molecule has 14 heteroatoms. The number of nitrogens with zero attached hydrogens (tertiary/aromatic N) is 4. The number of amides is 1. The number of allylic oxidation sites excluding steroid dienone is 4. The second-order valence-corrected chi connectivity index (χ2v) is 10.5. The average Bonchev–Trinajstić information content (AvgIpc) is 3.31. The highest BCUT2D eigenvalue weighted by Crippen LogP contribution is 2.38. The Morgan fingerprint density at radius 1 is 1.02 bits per heavy atom. The van der Waals surface area contributed by atoms with Gasteiger partial charge >= 0.3 is 13.5 Å². The summed E-state index contributed by atoms with van der Waals surface area (Å²) < 4.78 is 35.9. The molecule has 42 heavy (non-hydrogen) atoms. The number of anilines is 2. The van der Waals surface area contributed by atoms with E-state index < -0.39 is 51.8 Å². The SMILES string of the molecule is C=C(Cl)/C=C\C(C)=C(/c1ccccc1)c1ccc(N(C(=O)OC(C)(C)C)c2cc([N+](=O)[O-])cc([N+](=O)[O-])c2)n1B(F)F. The molecule has 0 aliphatic heterocycles. The molecule has 0 saturated heterocycles. The lowest BCUT2D eigenvalue weighted by Gasteiger charge is -2.28. The first-order chi connectivity index (χ1) is 19.6. The highest BCUT2D eigenvalue weighted by molar-refractivity contribution is 6.42. The smallest absolute Gasteiger partial charge is 0.443 e. The number of ether oxygens (including phenoxy) is 1. The van der Waals surface area contributed by atoms with E-state index in [1.54, 1.807) is 43.3 Å². The quantitative estimate of drug-likeness (QED) is 0.106. The van der Waals surface area contributed by atoms with E-state index in [1.165, 1.54) is 39.0 Å². The molecule has 0 radical (unpaired) electrons. The number of aromatic nitrogens is 1. The summed E-state index contributed by atoms with van der Waals surface area (Å²) in [6.45, 7) is 9.89. The average molecular weight is 599 g/mol. The molecule has 218 valence electrons. The summed E-state index contributed by atoms with van der Waals surface area (Å²) in [5.74, 6) is -0.448. The van der Waals surface area contributed by atoms with Crippen LogP contribution in [0.1, 0.15) is 39.0 Å². The van der Waals surface area contributed by atoms with Gasteiger partial charge in [-0.15, -0.1) is 0 Å². The number of nitro benzene ring substituents is 2. The molecule has 10 nitrogen and oxygen atoms in total. The molecule has 0 fully saturated rings. The van der Waals surface area contributed by atoms with E-state index in [-0.39, 0.29) is 10.7 Å². The number of nitro groups is 2. The van der Waals surface area contributed by atoms with E-state index >= 15 is 0 Å². The summed E-state index contributed by atoms with van der Waals surface area (Å²) in [6.07, 6.45) is 1.89. The molecule has 0 saturated carbocycles. The highest BCUT2D eigenvalue weighted by Gasteiger charge is 2.35. The summed E-state index contributed by atoms with van der Waals surface area (Å²) in [7, 11) is -3.23. The minimum absolute atomic E-state index is 0.0259. The molecule has 0 unspecified atom stereocenters. The van der Waals surface area contributed by atoms with Crippen molar-refractivity contribution in [1.29, 1.82) is 0 Å². The van der Waals surface area contributed by atoms with Gasteiger partial charge in [-0.1, -0.05) is 54.6 Å². The van der Waals surface area contributed by atoms with Crippen LogP contribution in [0.5, 0.6) is 0 Å². The third-order valence-electron chi connectivity index (χ3n) is 5.69. The van der Waals surface area contributed by atoms with Gasteiger partial charge in [0.2, 0.25) is 0 Å². The van der Waals surface area contributed by atoms with Crippen LogP contribution in [0.4, 0.5) is 36.3 Å². The Morgan fingerprint density at radius 3 is 2.07 bits per heavy atom. The van der Waals surface area contributed by atoms with E-state index in [4.69, 9.17) is 16.3 Å². The second kappa shape index (κ2) is 12.8. The van der Waals surface area contributed by atoms with Crippen LogP contribution >= 0.6 is 11.6 Å². The number of hydrogen-bond donors (Lipinski definition) is 0. The lowest BCUT2D eigenvalue weighted by molar-refractivity contribution is -0.394. The fourth-order valence-corrected chi connectivity index (χ4v) is 4.13. The Bertz CT molecular complexity index is 1570. The number of hydrogen-bond acceptors (Lipinski definition) is 6. The van der Waals surface area contributed by atoms with Crippen LogP contribution < -0.4 is 4.90 Å². The Morgan fingerprint density at radius 2 is 1.60 bits per heavy atom. The molecule has 1 heterocycles. The van der Waals surface area contributed by atoms with Gasteiger partial charge in [-0.25, -0.2) is 9.69 Å². The van der Waals surface area contributed by atoms with Gasteiger partial charge in [0.25, 0.3) is 11.4 Å². The summed E-state index contributed by atoms with van der Waals surface area (Å²) in [5, 5.41) is 23.4. The van der Waals surface area contributed by atoms with E-state index in [0.29, 0.717) is 32.2 Å². The minimum atomic E-state index is -3.23. The van der Waals surface area contributed by atoms with Crippen LogP contribution in [-0.2, 0) is 4.74 Å². The molecular formula is C28H26BClF2N4O6. The Hall–Kier alpha value is -4.78. The van der Waals surface area contributed by atoms with Gasteiger partial charge in [-0.05, 0) is 57.0 Å². The monoisotopic (exact) mass is 598 g/mol. The molecule has 0 spiro atoms. The highest BCUT2D eigenvalue weighted by atomic mass is 35.5. The van der Waals surface area contributed by atoms with Crippen LogP contribution in [0.2, 0.25) is 0 Å². The number of rotatable bonds is 9. The van der Waals surface area contributed by atoms with Crippen LogP contribution in [0, 0.1) is 20.2 Å². The number of carbonyl (C=O) groups excluding carboxylic acids is 1. The van der Waals surface area contributed by atoms with E-state index in [1.807, 2.05) is 0 Å². The maximum absolute atomic E-state index is 15.0. The lowest BCUT2D eigenvalue weighted by atomic mass is 9.96. The van der Waals surface area contributed by atoms with Gasteiger partial charge in [-0.3, -0.25) is 28.9 Å². The minimum Gasteiger partial charge on any atom is -0.443 e. The third kappa shape index (κ3) is 7.49. The van der Waals surface area contributed by atoms with Crippen LogP contribution in [0.15, 0.2) is 90.0 Å². The van der Waals surface area contributed by atoms with Gasteiger partial charge in [0.1, 0.15) is 11.4 Å². The fourth-order valence-electron chi connectivity index (χ4n) is 4.07. The first-order valence-electron chi connectivity index (χ1n) is 12.4. The molecule has 1 aromatic heterocycles. The number of non-ortho nitro benzene ring substituents is 2. The largest absolute Gasteiger partial charge is 0.679 e. The second-order valence-electron chi connectivity index (χ2n) is 9.97. The fraction of sp³-hybridized carbons (Fsp3) is 0.179. The van der Waals surface area contributed by atoms with Crippen molar-refractivity contribution in [3.05, 3.63) is 121 Å². The topological polar surface area (TPSA) is 121 Å². The van der Waals surface area contributed by atoms with Gasteiger partial charge in [-0.2, -0.15) is 0 Å². The van der Waals surface area contributed by atoms with Crippen LogP contribution in [0.25, 0.3) is 5.57 Å². The zero-order valence-electron chi connectivity index (χ0n) is 23.1. The zero-order chi connectivity index (χ0) is 31.4. The van der Waals surface area contributed by atoms with E-state index in [0.717, 1.165) is 12.1 Å². The van der Waals surface area contributed by atoms with Crippen molar-refractivity contribution in [3.63, 3.8) is 0 Å². The van der Waals surface area contributed by atoms with Crippen molar-refractivity contribution in [2.24, 2.45) is 0 Å². The molecule has 0 atom stereocenters. The van der Waals surface area contributed by atoms with Crippen molar-refractivity contribution in [2.45, 2.75) is 33.3 Å². The molecule has 3 rings (SSSR count). The predicted molar refractivity (Wildman–Crippen MR) is 158 cm³/mol. The maximum atomic E-state index is 15.0. The normalized spacial score (nSPS) is 12.1. The Kier molecular flexibility index (Phi) is 9.69. The summed E-state index contributed by atoms with van der Waals surface area (Å²) in [4.78, 5) is 35.6. The van der Waals surface area contributed by atoms with Crippen molar-refractivity contribution in [3.8, 4) is 0 Å². The third-order valence-corrected chi connectivity index (χ3v) is 5.82. The molecule has 2 aromatic carbocycles. The van der Waals surface area contributed by atoms with Gasteiger partial charge < -0.3 is 9.21 Å². The maximum Gasteiger partial charge on any atom is 0.679 e. The van der Waals surface area contributed by atoms with E-state index in [9.17, 15) is 33.7 Å². The van der Waals surface area contributed by atoms with Gasteiger partial charge in [0, 0.05) is 28.4 Å². The number of halogens is 3. The Balaban J connectivity index is 2.41. The first-order valence-corrected chi connectivity index (χ1v) is 12.7. The Labute approximate surface area is 245 Å². The van der Waals surface area contributed by atoms with Gasteiger partial charge in [0.05, 0.1) is 21.6 Å². The van der Waals surface area contributed by atoms with Crippen molar-refractivity contribution < 1.29 is 28.0 Å². The van der Waals surface area contributed by atoms with E-state index in [2.05, 4.69) is 6.58 Å². The zero-order valence-corrected chi connectivity index (χ0v) is 23.8. The van der Waals surface area contributed by atoms with Crippen molar-refractivity contribution in [1.82, 2.24) is 4.48 Å². The van der Waals surface area contributed by atoms with Crippen LogP contribution in [0.3, 0.4) is 0 Å². The molecule has 0 aliphatic rings. The standard InChI is InChI=1S/C28H26BClF2N4O6/c1-18(11-12-19(2)30)26(20-9-7-6-8-10-20)24-13-14-25(34(24)29(31)32)33(27(37)42-28(3,4)5)21-15-22(35(38)39)17-23(16-21)36(40)41/h6-17H,2H2,1,3-5H3/b12-11-,26-18+. The lowest BCUT2D eigenvalue weighted by Crippen LogP contribution is -2.36. The summed E-state index contributed by atoms with van der Waals surface area (Å²) in [6, 6.07) is 13.6. The molecule has 1 amide bonds. The molecule has 3 aromatic rings. The first kappa shape index (κ1) is 31.7. The molecular weight excluding hydrogens is 573 g/mol. The van der Waals surface area contributed by atoms with Crippen molar-refractivity contribution in [2.75, 3.05) is 4.90 Å². The summed E-state index contributed by atoms with van der Waals surface area (Å²) in [5.41, 5.74) is -1.59. The molecule has 0 bridgehead atoms. The summed E-state index contributed by atoms with van der Waals surface area (Å²) >= 11 is 5.89. The van der Waals surface area contributed by atoms with Crippen LogP contribution in [-0.4, -0.2) is 33.4 Å². The van der Waals surface area contributed by atoms with Crippen molar-refractivity contribution >= 4 is 53.5 Å². The number of benzene rings is 2. The van der Waals surface area contributed by atoms with Gasteiger partial charge in [0.15, 0.2) is 0 Å². The molecule has 0 N–H and O–H groups in total. The number of carbonyl (C=O) groups is 1. The molecule has 0 aliphatic carbocycles. The predicted octanol–water partition coefficient (Wildman–Crippen LogP) is 8.28.